The number of amides is 1. The number of thiophene rings is 1. The number of carbonyl (C=O) groups excluding carboxylic acids is 1. The molecule has 2 unspecified atom stereocenters. The Balaban J connectivity index is 0.00000196. The molecule has 2 aromatic rings. The second kappa shape index (κ2) is 12.4. The molecule has 2 heterocycles. The summed E-state index contributed by atoms with van der Waals surface area (Å²) in [5.74, 6) is -0.0172. The predicted molar refractivity (Wildman–Crippen MR) is 120 cm³/mol. The zero-order valence-corrected chi connectivity index (χ0v) is 18.5. The highest BCUT2D eigenvalue weighted by Gasteiger charge is 2.26. The number of ether oxygens (including phenoxy) is 1. The van der Waals surface area contributed by atoms with Crippen molar-refractivity contribution in [3.63, 3.8) is 0 Å². The maximum atomic E-state index is 12.3. The zero-order chi connectivity index (χ0) is 18.4. The van der Waals surface area contributed by atoms with Crippen LogP contribution in [-0.2, 0) is 22.5 Å². The Bertz CT molecular complexity index is 710. The van der Waals surface area contributed by atoms with Crippen LogP contribution in [0.5, 0.6) is 0 Å². The lowest BCUT2D eigenvalue weighted by Gasteiger charge is -2.35. The summed E-state index contributed by atoms with van der Waals surface area (Å²) in [6, 6.07) is 12.8. The van der Waals surface area contributed by atoms with Gasteiger partial charge in [-0.15, -0.1) is 36.2 Å². The lowest BCUT2D eigenvalue weighted by molar-refractivity contribution is -0.123. The van der Waals surface area contributed by atoms with E-state index in [1.807, 2.05) is 17.4 Å². The Hall–Kier alpha value is -1.15. The van der Waals surface area contributed by atoms with Crippen molar-refractivity contribution >= 4 is 42.1 Å². The molecule has 28 heavy (non-hydrogen) atoms. The number of nitrogens with two attached hydrogens (primary N) is 1. The Morgan fingerprint density at radius 2 is 2.04 bits per heavy atom. The van der Waals surface area contributed by atoms with Crippen LogP contribution in [0.1, 0.15) is 28.5 Å². The third-order valence-electron chi connectivity index (χ3n) is 4.96. The minimum Gasteiger partial charge on any atom is -0.380 e. The van der Waals surface area contributed by atoms with Crippen LogP contribution in [0.4, 0.5) is 0 Å². The van der Waals surface area contributed by atoms with E-state index in [2.05, 4.69) is 45.9 Å². The first-order valence-corrected chi connectivity index (χ1v) is 9.93. The third-order valence-corrected chi connectivity index (χ3v) is 5.99. The SMILES string of the molecule is COC(CN)CC(=O)NCC(c1ccccc1)N1CCc2sccc2C1.Cl.Cl. The van der Waals surface area contributed by atoms with Crippen LogP contribution < -0.4 is 11.1 Å². The van der Waals surface area contributed by atoms with E-state index in [1.54, 1.807) is 7.11 Å². The van der Waals surface area contributed by atoms with Crippen molar-refractivity contribution in [2.45, 2.75) is 31.5 Å². The minimum atomic E-state index is -0.228. The standard InChI is InChI=1S/C20H27N3O2S.2ClH/c1-25-17(12-21)11-20(24)22-13-18(15-5-3-2-4-6-15)23-9-7-19-16(14-23)8-10-26-19;;/h2-6,8,10,17-18H,7,9,11-14,21H2,1H3,(H,22,24);2*1H. The van der Waals surface area contributed by atoms with E-state index in [9.17, 15) is 4.79 Å². The minimum absolute atomic E-state index is 0. The zero-order valence-electron chi connectivity index (χ0n) is 16.0. The number of nitrogens with one attached hydrogen (secondary N) is 1. The average Bonchev–Trinajstić information content (AvgIpc) is 3.15. The monoisotopic (exact) mass is 445 g/mol. The number of carbonyl (C=O) groups is 1. The molecule has 3 rings (SSSR count). The summed E-state index contributed by atoms with van der Waals surface area (Å²) >= 11 is 1.84. The van der Waals surface area contributed by atoms with Crippen LogP contribution in [0.2, 0.25) is 0 Å². The van der Waals surface area contributed by atoms with Gasteiger partial charge in [-0.2, -0.15) is 0 Å². The molecule has 1 aromatic carbocycles. The summed E-state index contributed by atoms with van der Waals surface area (Å²) in [7, 11) is 1.59. The van der Waals surface area contributed by atoms with Gasteiger partial charge in [-0.1, -0.05) is 30.3 Å². The maximum absolute atomic E-state index is 12.3. The predicted octanol–water partition coefficient (Wildman–Crippen LogP) is 3.17. The van der Waals surface area contributed by atoms with Gasteiger partial charge in [0.15, 0.2) is 0 Å². The van der Waals surface area contributed by atoms with E-state index < -0.39 is 0 Å². The molecule has 2 atom stereocenters. The molecule has 0 saturated heterocycles. The second-order valence-corrected chi connectivity index (χ2v) is 7.62. The number of methoxy groups -OCH3 is 1. The molecule has 1 aliphatic heterocycles. The van der Waals surface area contributed by atoms with Gasteiger partial charge >= 0.3 is 0 Å². The quantitative estimate of drug-likeness (QED) is 0.654. The Labute approximate surface area is 183 Å². The van der Waals surface area contributed by atoms with Crippen LogP contribution in [-0.4, -0.2) is 43.7 Å². The van der Waals surface area contributed by atoms with Crippen LogP contribution >= 0.6 is 36.2 Å². The smallest absolute Gasteiger partial charge is 0.222 e. The summed E-state index contributed by atoms with van der Waals surface area (Å²) in [6.07, 6.45) is 1.14. The first-order chi connectivity index (χ1) is 12.7. The van der Waals surface area contributed by atoms with Gasteiger partial charge in [0.05, 0.1) is 18.6 Å². The number of fused-ring (bicyclic) bond motifs is 1. The highest BCUT2D eigenvalue weighted by atomic mass is 35.5. The average molecular weight is 446 g/mol. The molecule has 0 radical (unpaired) electrons. The Morgan fingerprint density at radius 3 is 2.71 bits per heavy atom. The van der Waals surface area contributed by atoms with Crippen LogP contribution in [0.3, 0.4) is 0 Å². The van der Waals surface area contributed by atoms with Gasteiger partial charge in [0, 0.05) is 38.2 Å². The molecule has 0 spiro atoms. The number of rotatable bonds is 8. The van der Waals surface area contributed by atoms with E-state index in [1.165, 1.54) is 16.0 Å². The molecule has 1 aromatic heterocycles. The molecular formula is C20H29Cl2N3O2S. The summed E-state index contributed by atoms with van der Waals surface area (Å²) < 4.78 is 5.21. The Morgan fingerprint density at radius 1 is 1.29 bits per heavy atom. The van der Waals surface area contributed by atoms with E-state index in [-0.39, 0.29) is 42.9 Å². The van der Waals surface area contributed by atoms with E-state index in [0.29, 0.717) is 19.5 Å². The van der Waals surface area contributed by atoms with Gasteiger partial charge in [-0.25, -0.2) is 0 Å². The van der Waals surface area contributed by atoms with Crippen molar-refractivity contribution in [3.8, 4) is 0 Å². The van der Waals surface area contributed by atoms with Gasteiger partial charge in [0.1, 0.15) is 0 Å². The first kappa shape index (κ1) is 24.9. The molecular weight excluding hydrogens is 417 g/mol. The lowest BCUT2D eigenvalue weighted by Crippen LogP contribution is -2.41. The normalized spacial score (nSPS) is 15.5. The molecule has 0 bridgehead atoms. The summed E-state index contributed by atoms with van der Waals surface area (Å²) in [5, 5.41) is 5.25. The number of nitrogens with zero attached hydrogens (tertiary/aromatic N) is 1. The molecule has 8 heteroatoms. The number of halogens is 2. The fourth-order valence-corrected chi connectivity index (χ4v) is 4.31. The molecule has 0 fully saturated rings. The maximum Gasteiger partial charge on any atom is 0.222 e. The molecule has 0 aliphatic carbocycles. The van der Waals surface area contributed by atoms with Gasteiger partial charge < -0.3 is 15.8 Å². The van der Waals surface area contributed by atoms with Crippen molar-refractivity contribution in [1.29, 1.82) is 0 Å². The number of benzene rings is 1. The number of hydrogen-bond donors (Lipinski definition) is 2. The first-order valence-electron chi connectivity index (χ1n) is 9.05. The Kier molecular flexibility index (Phi) is 11.0. The topological polar surface area (TPSA) is 67.6 Å². The molecule has 5 nitrogen and oxygen atoms in total. The molecule has 156 valence electrons. The van der Waals surface area contributed by atoms with Crippen molar-refractivity contribution in [1.82, 2.24) is 10.2 Å². The largest absolute Gasteiger partial charge is 0.380 e. The van der Waals surface area contributed by atoms with Crippen molar-refractivity contribution < 1.29 is 9.53 Å². The fourth-order valence-electron chi connectivity index (χ4n) is 3.42. The van der Waals surface area contributed by atoms with Gasteiger partial charge in [0.2, 0.25) is 5.91 Å². The second-order valence-electron chi connectivity index (χ2n) is 6.62. The van der Waals surface area contributed by atoms with E-state index in [0.717, 1.165) is 19.5 Å². The van der Waals surface area contributed by atoms with E-state index >= 15 is 0 Å². The van der Waals surface area contributed by atoms with Crippen molar-refractivity contribution in [2.24, 2.45) is 5.73 Å². The third kappa shape index (κ3) is 6.44. The summed E-state index contributed by atoms with van der Waals surface area (Å²) in [6.45, 7) is 2.87. The van der Waals surface area contributed by atoms with Gasteiger partial charge in [-0.3, -0.25) is 9.69 Å². The molecule has 3 N–H and O–H groups in total. The molecule has 0 saturated carbocycles. The fraction of sp³-hybridized carbons (Fsp3) is 0.450. The highest BCUT2D eigenvalue weighted by Crippen LogP contribution is 2.30. The van der Waals surface area contributed by atoms with Crippen molar-refractivity contribution in [3.05, 3.63) is 57.8 Å². The van der Waals surface area contributed by atoms with Gasteiger partial charge in [0.25, 0.3) is 0 Å². The summed E-state index contributed by atoms with van der Waals surface area (Å²) in [4.78, 5) is 16.2. The van der Waals surface area contributed by atoms with Crippen LogP contribution in [0.15, 0.2) is 41.8 Å². The highest BCUT2D eigenvalue weighted by molar-refractivity contribution is 7.10. The molecule has 1 amide bonds. The lowest BCUT2D eigenvalue weighted by atomic mass is 10.0. The summed E-state index contributed by atoms with van der Waals surface area (Å²) in [5.41, 5.74) is 8.26. The van der Waals surface area contributed by atoms with Crippen molar-refractivity contribution in [2.75, 3.05) is 26.7 Å². The van der Waals surface area contributed by atoms with E-state index in [4.69, 9.17) is 10.5 Å². The van der Waals surface area contributed by atoms with Crippen LogP contribution in [0.25, 0.3) is 0 Å². The molecule has 1 aliphatic rings. The number of hydrogen-bond acceptors (Lipinski definition) is 5. The van der Waals surface area contributed by atoms with Crippen LogP contribution in [0, 0.1) is 0 Å². The van der Waals surface area contributed by atoms with Gasteiger partial charge in [-0.05, 0) is 29.0 Å².